The van der Waals surface area contributed by atoms with Crippen LogP contribution in [0.1, 0.15) is 28.4 Å². The molecule has 0 saturated carbocycles. The van der Waals surface area contributed by atoms with Crippen LogP contribution >= 0.6 is 0 Å². The largest absolute Gasteiger partial charge is 0.497 e. The molecule has 1 aliphatic heterocycles. The molecule has 5 rings (SSSR count). The van der Waals surface area contributed by atoms with Gasteiger partial charge in [-0.1, -0.05) is 12.1 Å². The van der Waals surface area contributed by atoms with Crippen LogP contribution in [0.15, 0.2) is 52.1 Å². The first-order valence-corrected chi connectivity index (χ1v) is 11.1. The number of nitrogens with zero attached hydrogens (tertiary/aromatic N) is 1. The van der Waals surface area contributed by atoms with Gasteiger partial charge in [0.15, 0.2) is 0 Å². The molecule has 0 amide bonds. The molecule has 0 unspecified atom stereocenters. The molecule has 3 heterocycles. The molecule has 9 heteroatoms. The number of methoxy groups -OCH3 is 2. The number of H-pyrrole nitrogens is 2. The van der Waals surface area contributed by atoms with E-state index in [1.54, 1.807) is 14.2 Å². The van der Waals surface area contributed by atoms with E-state index in [1.165, 1.54) is 4.57 Å². The van der Waals surface area contributed by atoms with Crippen molar-refractivity contribution in [3.05, 3.63) is 85.7 Å². The van der Waals surface area contributed by atoms with Crippen LogP contribution in [0.3, 0.4) is 0 Å². The second-order valence-corrected chi connectivity index (χ2v) is 8.31. The third-order valence-electron chi connectivity index (χ3n) is 6.44. The summed E-state index contributed by atoms with van der Waals surface area (Å²) in [6.07, 6.45) is 1.26. The standard InChI is InChI=1S/C25H26N4O5/c1-33-15-5-3-14(4-6-15)10-12-29-24(31)20(23(30)28-25(29)32)22-21-17(9-11-26-22)18-13-16(34-2)7-8-19(18)27-21/h3-8,13,22,26-27,31H,9-12H2,1-2H3,(H,28,30,32)/t22-/m0/s1. The minimum Gasteiger partial charge on any atom is -0.497 e. The van der Waals surface area contributed by atoms with E-state index in [0.29, 0.717) is 13.0 Å². The zero-order chi connectivity index (χ0) is 23.8. The summed E-state index contributed by atoms with van der Waals surface area (Å²) in [7, 11) is 3.22. The molecule has 0 bridgehead atoms. The van der Waals surface area contributed by atoms with Gasteiger partial charge in [-0.15, -0.1) is 0 Å². The van der Waals surface area contributed by atoms with Gasteiger partial charge in [-0.25, -0.2) is 4.79 Å². The highest BCUT2D eigenvalue weighted by Gasteiger charge is 2.31. The first-order chi connectivity index (χ1) is 16.5. The Morgan fingerprint density at radius 3 is 2.50 bits per heavy atom. The molecule has 34 heavy (non-hydrogen) atoms. The predicted molar refractivity (Wildman–Crippen MR) is 128 cm³/mol. The predicted octanol–water partition coefficient (Wildman–Crippen LogP) is 2.22. The lowest BCUT2D eigenvalue weighted by Gasteiger charge is -2.25. The normalized spacial score (nSPS) is 15.3. The second-order valence-electron chi connectivity index (χ2n) is 8.31. The summed E-state index contributed by atoms with van der Waals surface area (Å²) < 4.78 is 11.8. The van der Waals surface area contributed by atoms with Gasteiger partial charge in [-0.2, -0.15) is 0 Å². The lowest BCUT2D eigenvalue weighted by atomic mass is 9.95. The topological polar surface area (TPSA) is 121 Å². The molecular formula is C25H26N4O5. The molecular weight excluding hydrogens is 436 g/mol. The van der Waals surface area contributed by atoms with Crippen LogP contribution in [0.5, 0.6) is 17.4 Å². The van der Waals surface area contributed by atoms with E-state index in [4.69, 9.17) is 9.47 Å². The number of rotatable bonds is 6. The molecule has 4 N–H and O–H groups in total. The second kappa shape index (κ2) is 8.75. The lowest BCUT2D eigenvalue weighted by Crippen LogP contribution is -2.39. The lowest BCUT2D eigenvalue weighted by molar-refractivity contribution is 0.382. The quantitative estimate of drug-likeness (QED) is 0.349. The van der Waals surface area contributed by atoms with Crippen LogP contribution in [0.2, 0.25) is 0 Å². The summed E-state index contributed by atoms with van der Waals surface area (Å²) in [5.74, 6) is 1.16. The number of aromatic nitrogens is 3. The van der Waals surface area contributed by atoms with Crippen molar-refractivity contribution >= 4 is 10.9 Å². The Kier molecular flexibility index (Phi) is 5.62. The van der Waals surface area contributed by atoms with Crippen molar-refractivity contribution in [2.75, 3.05) is 20.8 Å². The van der Waals surface area contributed by atoms with Gasteiger partial charge in [0.25, 0.3) is 5.56 Å². The molecule has 2 aromatic carbocycles. The molecule has 1 aliphatic rings. The fraction of sp³-hybridized carbons (Fsp3) is 0.280. The van der Waals surface area contributed by atoms with Crippen molar-refractivity contribution in [3.63, 3.8) is 0 Å². The fourth-order valence-electron chi connectivity index (χ4n) is 4.66. The number of nitrogens with one attached hydrogen (secondary N) is 3. The molecule has 176 valence electrons. The summed E-state index contributed by atoms with van der Waals surface area (Å²) in [5, 5.41) is 15.4. The van der Waals surface area contributed by atoms with E-state index < -0.39 is 17.3 Å². The monoisotopic (exact) mass is 462 g/mol. The minimum atomic E-state index is -0.642. The van der Waals surface area contributed by atoms with Gasteiger partial charge in [-0.3, -0.25) is 14.3 Å². The Labute approximate surface area is 195 Å². The van der Waals surface area contributed by atoms with Gasteiger partial charge >= 0.3 is 5.69 Å². The molecule has 0 radical (unpaired) electrons. The van der Waals surface area contributed by atoms with Crippen molar-refractivity contribution in [1.29, 1.82) is 0 Å². The average Bonchev–Trinajstić information content (AvgIpc) is 3.22. The highest BCUT2D eigenvalue weighted by Crippen LogP contribution is 2.36. The molecule has 2 aromatic heterocycles. The first-order valence-electron chi connectivity index (χ1n) is 11.1. The van der Waals surface area contributed by atoms with E-state index in [9.17, 15) is 14.7 Å². The molecule has 0 fully saturated rings. The number of aryl methyl sites for hydroxylation is 1. The zero-order valence-corrected chi connectivity index (χ0v) is 19.0. The Bertz CT molecular complexity index is 1470. The van der Waals surface area contributed by atoms with Crippen LogP contribution in [-0.2, 0) is 19.4 Å². The van der Waals surface area contributed by atoms with Gasteiger partial charge in [-0.05, 0) is 54.3 Å². The maximum absolute atomic E-state index is 12.9. The smallest absolute Gasteiger partial charge is 0.331 e. The number of aromatic amines is 2. The van der Waals surface area contributed by atoms with Crippen LogP contribution in [0.25, 0.3) is 10.9 Å². The Balaban J connectivity index is 1.53. The fourth-order valence-corrected chi connectivity index (χ4v) is 4.66. The SMILES string of the molecule is COc1ccc(CCn2c(O)c([C@@H]3NCCc4c3[nH]c3ccc(OC)cc43)c(=O)[nH]c2=O)cc1. The maximum atomic E-state index is 12.9. The average molecular weight is 463 g/mol. The van der Waals surface area contributed by atoms with E-state index in [-0.39, 0.29) is 18.0 Å². The van der Waals surface area contributed by atoms with Gasteiger partial charge in [0.1, 0.15) is 17.1 Å². The Morgan fingerprint density at radius 2 is 1.76 bits per heavy atom. The van der Waals surface area contributed by atoms with Crippen LogP contribution in [-0.4, -0.2) is 40.4 Å². The zero-order valence-electron chi connectivity index (χ0n) is 19.0. The molecule has 0 saturated heterocycles. The van der Waals surface area contributed by atoms with Crippen molar-refractivity contribution in [2.45, 2.75) is 25.4 Å². The number of ether oxygens (including phenoxy) is 2. The summed E-state index contributed by atoms with van der Waals surface area (Å²) >= 11 is 0. The Morgan fingerprint density at radius 1 is 1.03 bits per heavy atom. The van der Waals surface area contributed by atoms with Gasteiger partial charge in [0, 0.05) is 29.7 Å². The molecule has 0 aliphatic carbocycles. The van der Waals surface area contributed by atoms with Gasteiger partial charge in [0.2, 0.25) is 5.88 Å². The van der Waals surface area contributed by atoms with Crippen molar-refractivity contribution in [2.24, 2.45) is 0 Å². The summed E-state index contributed by atoms with van der Waals surface area (Å²) in [5.41, 5.74) is 2.63. The van der Waals surface area contributed by atoms with Crippen LogP contribution < -0.4 is 26.0 Å². The maximum Gasteiger partial charge on any atom is 0.331 e. The molecule has 0 spiro atoms. The number of aromatic hydroxyl groups is 1. The summed E-state index contributed by atoms with van der Waals surface area (Å²) in [4.78, 5) is 31.2. The summed E-state index contributed by atoms with van der Waals surface area (Å²) in [6.45, 7) is 0.829. The van der Waals surface area contributed by atoms with Gasteiger partial charge < -0.3 is 24.9 Å². The van der Waals surface area contributed by atoms with Gasteiger partial charge in [0.05, 0.1) is 20.3 Å². The van der Waals surface area contributed by atoms with Crippen molar-refractivity contribution in [1.82, 2.24) is 19.9 Å². The first kappa shape index (κ1) is 21.8. The highest BCUT2D eigenvalue weighted by molar-refractivity contribution is 5.86. The van der Waals surface area contributed by atoms with Crippen LogP contribution in [0.4, 0.5) is 0 Å². The van der Waals surface area contributed by atoms with E-state index >= 15 is 0 Å². The van der Waals surface area contributed by atoms with Crippen molar-refractivity contribution in [3.8, 4) is 17.4 Å². The van der Waals surface area contributed by atoms with E-state index in [0.717, 1.165) is 45.6 Å². The number of hydrogen-bond donors (Lipinski definition) is 4. The summed E-state index contributed by atoms with van der Waals surface area (Å²) in [6, 6.07) is 12.7. The molecule has 4 aromatic rings. The number of benzene rings is 2. The Hall–Kier alpha value is -3.98. The van der Waals surface area contributed by atoms with Crippen molar-refractivity contribution < 1.29 is 14.6 Å². The number of hydrogen-bond acceptors (Lipinski definition) is 6. The van der Waals surface area contributed by atoms with E-state index in [2.05, 4.69) is 15.3 Å². The number of fused-ring (bicyclic) bond motifs is 3. The molecule has 1 atom stereocenters. The third-order valence-corrected chi connectivity index (χ3v) is 6.44. The van der Waals surface area contributed by atoms with E-state index in [1.807, 2.05) is 42.5 Å². The van der Waals surface area contributed by atoms with Crippen LogP contribution in [0, 0.1) is 0 Å². The highest BCUT2D eigenvalue weighted by atomic mass is 16.5. The molecule has 9 nitrogen and oxygen atoms in total. The minimum absolute atomic E-state index is 0.119. The third kappa shape index (κ3) is 3.73.